The zero-order valence-corrected chi connectivity index (χ0v) is 17.4. The van der Waals surface area contributed by atoms with Crippen LogP contribution in [0.3, 0.4) is 0 Å². The third-order valence-corrected chi connectivity index (χ3v) is 5.22. The fourth-order valence-electron chi connectivity index (χ4n) is 2.33. The maximum absolute atomic E-state index is 12.5. The minimum atomic E-state index is -3.83. The fraction of sp³-hybridized carbons (Fsp3) is 0.300. The Labute approximate surface area is 170 Å². The number of carbonyl (C=O) groups is 2. The minimum absolute atomic E-state index is 0.0181. The van der Waals surface area contributed by atoms with Gasteiger partial charge in [0.2, 0.25) is 0 Å². The molecule has 29 heavy (non-hydrogen) atoms. The molecule has 0 aliphatic heterocycles. The summed E-state index contributed by atoms with van der Waals surface area (Å²) >= 11 is 0. The summed E-state index contributed by atoms with van der Waals surface area (Å²) in [5.74, 6) is -0.521. The summed E-state index contributed by atoms with van der Waals surface area (Å²) in [6.07, 6.45) is -0.968. The Morgan fingerprint density at radius 3 is 2.03 bits per heavy atom. The van der Waals surface area contributed by atoms with Gasteiger partial charge in [0.05, 0.1) is 17.6 Å². The maximum Gasteiger partial charge on any atom is 0.338 e. The summed E-state index contributed by atoms with van der Waals surface area (Å²) in [6.45, 7) is 5.06. The lowest BCUT2D eigenvalue weighted by Gasteiger charge is -2.15. The first-order valence-electron chi connectivity index (χ1n) is 8.90. The lowest BCUT2D eigenvalue weighted by molar-refractivity contribution is -0.129. The van der Waals surface area contributed by atoms with Crippen molar-refractivity contribution >= 4 is 27.6 Å². The van der Waals surface area contributed by atoms with E-state index in [2.05, 4.69) is 10.0 Å². The van der Waals surface area contributed by atoms with Gasteiger partial charge in [0.15, 0.2) is 6.10 Å². The van der Waals surface area contributed by atoms with Gasteiger partial charge in [-0.2, -0.15) is 0 Å². The van der Waals surface area contributed by atoms with Gasteiger partial charge in [0, 0.05) is 11.7 Å². The Kier molecular flexibility index (Phi) is 7.22. The van der Waals surface area contributed by atoms with Crippen molar-refractivity contribution in [2.75, 3.05) is 11.8 Å². The van der Waals surface area contributed by atoms with Crippen molar-refractivity contribution in [3.8, 4) is 5.75 Å². The SMILES string of the molecule is COc1ccc(NS(=O)(=O)c2ccc(C(=O)O[C@H](C)C(=O)NC(C)C)cc2)cc1. The number of amides is 1. The summed E-state index contributed by atoms with van der Waals surface area (Å²) < 4.78 is 37.6. The van der Waals surface area contributed by atoms with E-state index in [4.69, 9.17) is 9.47 Å². The Hall–Kier alpha value is -3.07. The molecule has 0 aliphatic carbocycles. The van der Waals surface area contributed by atoms with E-state index >= 15 is 0 Å². The highest BCUT2D eigenvalue weighted by Gasteiger charge is 2.20. The van der Waals surface area contributed by atoms with E-state index in [1.807, 2.05) is 0 Å². The second-order valence-electron chi connectivity index (χ2n) is 6.57. The van der Waals surface area contributed by atoms with Crippen molar-refractivity contribution in [3.63, 3.8) is 0 Å². The number of carbonyl (C=O) groups excluding carboxylic acids is 2. The third-order valence-electron chi connectivity index (χ3n) is 3.83. The molecular weight excluding hydrogens is 396 g/mol. The quantitative estimate of drug-likeness (QED) is 0.635. The van der Waals surface area contributed by atoms with Crippen LogP contribution in [0.25, 0.3) is 0 Å². The maximum atomic E-state index is 12.5. The summed E-state index contributed by atoms with van der Waals surface area (Å²) in [6, 6.07) is 11.6. The predicted octanol–water partition coefficient (Wildman–Crippen LogP) is 2.57. The number of nitrogens with one attached hydrogen (secondary N) is 2. The molecule has 0 fully saturated rings. The zero-order chi connectivity index (χ0) is 21.6. The summed E-state index contributed by atoms with van der Waals surface area (Å²) in [7, 11) is -2.32. The standard InChI is InChI=1S/C20H24N2O6S/c1-13(2)21-19(23)14(3)28-20(24)15-5-11-18(12-6-15)29(25,26)22-16-7-9-17(27-4)10-8-16/h5-14,22H,1-4H3,(H,21,23)/t14-/m1/s1. The Morgan fingerprint density at radius 1 is 0.931 bits per heavy atom. The van der Waals surface area contributed by atoms with E-state index in [1.165, 1.54) is 38.3 Å². The minimum Gasteiger partial charge on any atom is -0.497 e. The molecule has 1 atom stereocenters. The molecule has 0 aromatic heterocycles. The number of rotatable bonds is 8. The largest absolute Gasteiger partial charge is 0.497 e. The van der Waals surface area contributed by atoms with E-state index in [1.54, 1.807) is 38.1 Å². The number of ether oxygens (including phenoxy) is 2. The van der Waals surface area contributed by atoms with E-state index in [0.29, 0.717) is 11.4 Å². The second-order valence-corrected chi connectivity index (χ2v) is 8.25. The molecule has 0 spiro atoms. The summed E-state index contributed by atoms with van der Waals surface area (Å²) in [4.78, 5) is 24.0. The Balaban J connectivity index is 2.05. The van der Waals surface area contributed by atoms with Crippen molar-refractivity contribution in [1.82, 2.24) is 5.32 Å². The lowest BCUT2D eigenvalue weighted by atomic mass is 10.2. The predicted molar refractivity (Wildman–Crippen MR) is 108 cm³/mol. The van der Waals surface area contributed by atoms with Crippen molar-refractivity contribution in [2.45, 2.75) is 37.8 Å². The van der Waals surface area contributed by atoms with Crippen LogP contribution in [0.4, 0.5) is 5.69 Å². The van der Waals surface area contributed by atoms with Crippen molar-refractivity contribution in [1.29, 1.82) is 0 Å². The van der Waals surface area contributed by atoms with Gasteiger partial charge in [-0.1, -0.05) is 0 Å². The summed E-state index contributed by atoms with van der Waals surface area (Å²) in [5.41, 5.74) is 0.511. The van der Waals surface area contributed by atoms with Crippen molar-refractivity contribution < 1.29 is 27.5 Å². The van der Waals surface area contributed by atoms with Gasteiger partial charge >= 0.3 is 5.97 Å². The van der Waals surface area contributed by atoms with Crippen LogP contribution < -0.4 is 14.8 Å². The van der Waals surface area contributed by atoms with Gasteiger partial charge in [-0.05, 0) is 69.3 Å². The highest BCUT2D eigenvalue weighted by molar-refractivity contribution is 7.92. The number of hydrogen-bond acceptors (Lipinski definition) is 6. The molecule has 0 saturated carbocycles. The molecule has 0 unspecified atom stereocenters. The molecule has 8 nitrogen and oxygen atoms in total. The van der Waals surface area contributed by atoms with Crippen molar-refractivity contribution in [3.05, 3.63) is 54.1 Å². The normalized spacial score (nSPS) is 12.2. The zero-order valence-electron chi connectivity index (χ0n) is 16.6. The third kappa shape index (κ3) is 6.21. The number of methoxy groups -OCH3 is 1. The van der Waals surface area contributed by atoms with Crippen LogP contribution >= 0.6 is 0 Å². The second kappa shape index (κ2) is 9.42. The molecule has 2 N–H and O–H groups in total. The van der Waals surface area contributed by atoms with E-state index in [9.17, 15) is 18.0 Å². The Bertz CT molecular complexity index is 953. The number of anilines is 1. The first-order chi connectivity index (χ1) is 13.6. The molecule has 0 saturated heterocycles. The Morgan fingerprint density at radius 2 is 1.52 bits per heavy atom. The first kappa shape index (κ1) is 22.2. The molecule has 2 aromatic rings. The van der Waals surface area contributed by atoms with Crippen LogP contribution in [0, 0.1) is 0 Å². The average molecular weight is 420 g/mol. The fourth-order valence-corrected chi connectivity index (χ4v) is 3.39. The number of sulfonamides is 1. The topological polar surface area (TPSA) is 111 Å². The van der Waals surface area contributed by atoms with Crippen molar-refractivity contribution in [2.24, 2.45) is 0 Å². The first-order valence-corrected chi connectivity index (χ1v) is 10.4. The molecule has 0 aliphatic rings. The van der Waals surface area contributed by atoms with E-state index in [-0.39, 0.29) is 16.5 Å². The highest BCUT2D eigenvalue weighted by atomic mass is 32.2. The molecule has 0 heterocycles. The van der Waals surface area contributed by atoms with E-state index in [0.717, 1.165) is 0 Å². The van der Waals surface area contributed by atoms with Crippen LogP contribution in [0.2, 0.25) is 0 Å². The van der Waals surface area contributed by atoms with Gasteiger partial charge < -0.3 is 14.8 Å². The van der Waals surface area contributed by atoms with Crippen LogP contribution in [-0.4, -0.2) is 39.5 Å². The number of hydrogen-bond donors (Lipinski definition) is 2. The average Bonchev–Trinajstić information content (AvgIpc) is 2.67. The van der Waals surface area contributed by atoms with Gasteiger partial charge in [-0.15, -0.1) is 0 Å². The highest BCUT2D eigenvalue weighted by Crippen LogP contribution is 2.20. The molecule has 1 amide bonds. The molecule has 0 bridgehead atoms. The molecule has 0 radical (unpaired) electrons. The van der Waals surface area contributed by atoms with Gasteiger partial charge in [-0.25, -0.2) is 13.2 Å². The number of esters is 1. The van der Waals surface area contributed by atoms with Crippen LogP contribution in [0.15, 0.2) is 53.4 Å². The monoisotopic (exact) mass is 420 g/mol. The molecule has 2 rings (SSSR count). The van der Waals surface area contributed by atoms with Gasteiger partial charge in [0.1, 0.15) is 5.75 Å². The van der Waals surface area contributed by atoms with Crippen LogP contribution in [0.1, 0.15) is 31.1 Å². The van der Waals surface area contributed by atoms with Crippen LogP contribution in [0.5, 0.6) is 5.75 Å². The number of benzene rings is 2. The summed E-state index contributed by atoms with van der Waals surface area (Å²) in [5, 5.41) is 2.65. The molecule has 2 aromatic carbocycles. The van der Waals surface area contributed by atoms with Gasteiger partial charge in [0.25, 0.3) is 15.9 Å². The van der Waals surface area contributed by atoms with Crippen LogP contribution in [-0.2, 0) is 19.6 Å². The van der Waals surface area contributed by atoms with Gasteiger partial charge in [-0.3, -0.25) is 9.52 Å². The molecule has 156 valence electrons. The molecule has 9 heteroatoms. The lowest BCUT2D eigenvalue weighted by Crippen LogP contribution is -2.39. The van der Waals surface area contributed by atoms with E-state index < -0.39 is 28.0 Å². The smallest absolute Gasteiger partial charge is 0.338 e. The molecular formula is C20H24N2O6S.